The van der Waals surface area contributed by atoms with Crippen LogP contribution >= 0.6 is 0 Å². The molecule has 3 heteroatoms. The van der Waals surface area contributed by atoms with Crippen LogP contribution in [0.3, 0.4) is 0 Å². The van der Waals surface area contributed by atoms with Gasteiger partial charge in [0.05, 0.1) is 6.07 Å². The molecule has 1 aliphatic rings. The summed E-state index contributed by atoms with van der Waals surface area (Å²) in [5.74, 6) is 0.373. The molecule has 0 aromatic heterocycles. The highest BCUT2D eigenvalue weighted by Gasteiger charge is 2.28. The molecule has 0 aromatic carbocycles. The first kappa shape index (κ1) is 11.2. The van der Waals surface area contributed by atoms with Crippen molar-refractivity contribution in [2.24, 2.45) is 0 Å². The van der Waals surface area contributed by atoms with Gasteiger partial charge in [0, 0.05) is 37.9 Å². The van der Waals surface area contributed by atoms with E-state index in [2.05, 4.69) is 24.8 Å². The topological polar surface area (TPSA) is 44.1 Å². The Hall–Kier alpha value is -0.880. The van der Waals surface area contributed by atoms with E-state index in [1.165, 1.54) is 0 Å². The van der Waals surface area contributed by atoms with Gasteiger partial charge >= 0.3 is 0 Å². The third-order valence-corrected chi connectivity index (χ3v) is 2.83. The standard InChI is InChI=1S/C11H18N2O/c1-9(2)13(7-3-6-12)10-4-5-11(14)8-10/h9-10H,3-5,7-8H2,1-2H3. The van der Waals surface area contributed by atoms with E-state index in [1.54, 1.807) is 0 Å². The molecule has 0 aromatic rings. The third-order valence-electron chi connectivity index (χ3n) is 2.83. The van der Waals surface area contributed by atoms with Crippen molar-refractivity contribution in [3.63, 3.8) is 0 Å². The maximum absolute atomic E-state index is 11.2. The minimum atomic E-state index is 0.373. The van der Waals surface area contributed by atoms with Crippen LogP contribution in [0.1, 0.15) is 39.5 Å². The molecule has 3 nitrogen and oxygen atoms in total. The van der Waals surface area contributed by atoms with E-state index in [4.69, 9.17) is 5.26 Å². The van der Waals surface area contributed by atoms with Crippen LogP contribution in [0.5, 0.6) is 0 Å². The molecule has 0 spiro atoms. The zero-order valence-electron chi connectivity index (χ0n) is 8.99. The molecule has 0 radical (unpaired) electrons. The van der Waals surface area contributed by atoms with Gasteiger partial charge in [-0.3, -0.25) is 9.69 Å². The first-order valence-electron chi connectivity index (χ1n) is 5.29. The fraction of sp³-hybridized carbons (Fsp3) is 0.818. The van der Waals surface area contributed by atoms with Crippen LogP contribution < -0.4 is 0 Å². The average Bonchev–Trinajstić information content (AvgIpc) is 2.52. The summed E-state index contributed by atoms with van der Waals surface area (Å²) in [6.45, 7) is 5.05. The Morgan fingerprint density at radius 3 is 2.79 bits per heavy atom. The molecule has 78 valence electrons. The van der Waals surface area contributed by atoms with E-state index in [1.807, 2.05) is 0 Å². The zero-order valence-corrected chi connectivity index (χ0v) is 8.99. The molecule has 0 bridgehead atoms. The Bertz CT molecular complexity index is 242. The maximum Gasteiger partial charge on any atom is 0.134 e. The number of Topliss-reactive ketones (excluding diaryl/α,β-unsaturated/α-hetero) is 1. The number of carbonyl (C=O) groups excluding carboxylic acids is 1. The number of hydrogen-bond donors (Lipinski definition) is 0. The predicted molar refractivity (Wildman–Crippen MR) is 54.7 cm³/mol. The molecular weight excluding hydrogens is 176 g/mol. The van der Waals surface area contributed by atoms with Gasteiger partial charge in [-0.1, -0.05) is 0 Å². The van der Waals surface area contributed by atoms with Gasteiger partial charge in [0.2, 0.25) is 0 Å². The SMILES string of the molecule is CC(C)N(CCC#N)C1CCC(=O)C1. The van der Waals surface area contributed by atoms with Crippen molar-refractivity contribution in [1.82, 2.24) is 4.90 Å². The van der Waals surface area contributed by atoms with Crippen LogP contribution in [0.15, 0.2) is 0 Å². The highest BCUT2D eigenvalue weighted by molar-refractivity contribution is 5.81. The van der Waals surface area contributed by atoms with Crippen LogP contribution in [-0.4, -0.2) is 29.3 Å². The highest BCUT2D eigenvalue weighted by Crippen LogP contribution is 2.22. The Balaban J connectivity index is 2.50. The first-order chi connectivity index (χ1) is 6.65. The maximum atomic E-state index is 11.2. The molecule has 0 N–H and O–H groups in total. The van der Waals surface area contributed by atoms with Gasteiger partial charge in [-0.05, 0) is 20.3 Å². The van der Waals surface area contributed by atoms with E-state index in [-0.39, 0.29) is 0 Å². The number of hydrogen-bond acceptors (Lipinski definition) is 3. The fourth-order valence-corrected chi connectivity index (χ4v) is 2.12. The summed E-state index contributed by atoms with van der Waals surface area (Å²) in [4.78, 5) is 13.4. The molecule has 0 saturated heterocycles. The fourth-order valence-electron chi connectivity index (χ4n) is 2.12. The van der Waals surface area contributed by atoms with Crippen molar-refractivity contribution >= 4 is 5.78 Å². The Labute approximate surface area is 85.7 Å². The minimum Gasteiger partial charge on any atom is -0.300 e. The molecule has 0 amide bonds. The van der Waals surface area contributed by atoms with Crippen molar-refractivity contribution in [3.8, 4) is 6.07 Å². The molecule has 1 rings (SSSR count). The molecule has 1 saturated carbocycles. The first-order valence-corrected chi connectivity index (χ1v) is 5.29. The number of ketones is 1. The van der Waals surface area contributed by atoms with Crippen molar-refractivity contribution in [1.29, 1.82) is 5.26 Å². The van der Waals surface area contributed by atoms with Gasteiger partial charge in [-0.15, -0.1) is 0 Å². The lowest BCUT2D eigenvalue weighted by Gasteiger charge is -2.31. The van der Waals surface area contributed by atoms with E-state index in [9.17, 15) is 4.79 Å². The van der Waals surface area contributed by atoms with Crippen LogP contribution in [0.25, 0.3) is 0 Å². The van der Waals surface area contributed by atoms with E-state index in [0.717, 1.165) is 19.4 Å². The Morgan fingerprint density at radius 1 is 1.64 bits per heavy atom. The molecule has 1 unspecified atom stereocenters. The Kier molecular flexibility index (Phi) is 4.09. The lowest BCUT2D eigenvalue weighted by atomic mass is 10.1. The van der Waals surface area contributed by atoms with Crippen molar-refractivity contribution in [2.75, 3.05) is 6.54 Å². The van der Waals surface area contributed by atoms with Gasteiger partial charge in [-0.25, -0.2) is 0 Å². The average molecular weight is 194 g/mol. The Morgan fingerprint density at radius 2 is 2.36 bits per heavy atom. The van der Waals surface area contributed by atoms with Crippen molar-refractivity contribution < 1.29 is 4.79 Å². The third kappa shape index (κ3) is 2.81. The summed E-state index contributed by atoms with van der Waals surface area (Å²) in [5.41, 5.74) is 0. The van der Waals surface area contributed by atoms with Crippen LogP contribution in [-0.2, 0) is 4.79 Å². The predicted octanol–water partition coefficient (Wildman–Crippen LogP) is 1.73. The molecule has 0 heterocycles. The second kappa shape index (κ2) is 5.11. The van der Waals surface area contributed by atoms with Crippen molar-refractivity contribution in [3.05, 3.63) is 0 Å². The molecule has 1 aliphatic carbocycles. The van der Waals surface area contributed by atoms with Crippen molar-refractivity contribution in [2.45, 2.75) is 51.6 Å². The lowest BCUT2D eigenvalue weighted by Crippen LogP contribution is -2.39. The summed E-state index contributed by atoms with van der Waals surface area (Å²) in [7, 11) is 0. The summed E-state index contributed by atoms with van der Waals surface area (Å²) >= 11 is 0. The smallest absolute Gasteiger partial charge is 0.134 e. The van der Waals surface area contributed by atoms with Gasteiger partial charge in [0.15, 0.2) is 0 Å². The second-order valence-electron chi connectivity index (χ2n) is 4.17. The monoisotopic (exact) mass is 194 g/mol. The van der Waals surface area contributed by atoms with E-state index >= 15 is 0 Å². The number of nitriles is 1. The van der Waals surface area contributed by atoms with Gasteiger partial charge in [-0.2, -0.15) is 5.26 Å². The number of carbonyl (C=O) groups is 1. The molecule has 1 atom stereocenters. The van der Waals surface area contributed by atoms with Crippen LogP contribution in [0.2, 0.25) is 0 Å². The largest absolute Gasteiger partial charge is 0.300 e. The number of nitrogens with zero attached hydrogens (tertiary/aromatic N) is 2. The van der Waals surface area contributed by atoms with Crippen LogP contribution in [0, 0.1) is 11.3 Å². The van der Waals surface area contributed by atoms with Gasteiger partial charge in [0.1, 0.15) is 5.78 Å². The summed E-state index contributed by atoms with van der Waals surface area (Å²) in [6, 6.07) is 2.98. The summed E-state index contributed by atoms with van der Waals surface area (Å²) in [6.07, 6.45) is 2.94. The van der Waals surface area contributed by atoms with E-state index < -0.39 is 0 Å². The van der Waals surface area contributed by atoms with E-state index in [0.29, 0.717) is 30.7 Å². The molecule has 14 heavy (non-hydrogen) atoms. The highest BCUT2D eigenvalue weighted by atomic mass is 16.1. The normalized spacial score (nSPS) is 21.9. The zero-order chi connectivity index (χ0) is 10.6. The van der Waals surface area contributed by atoms with Gasteiger partial charge < -0.3 is 0 Å². The van der Waals surface area contributed by atoms with Gasteiger partial charge in [0.25, 0.3) is 0 Å². The summed E-state index contributed by atoms with van der Waals surface area (Å²) < 4.78 is 0. The minimum absolute atomic E-state index is 0.373. The lowest BCUT2D eigenvalue weighted by molar-refractivity contribution is -0.117. The van der Waals surface area contributed by atoms with Crippen LogP contribution in [0.4, 0.5) is 0 Å². The quantitative estimate of drug-likeness (QED) is 0.684. The molecular formula is C11H18N2O. The second-order valence-corrected chi connectivity index (χ2v) is 4.17. The number of rotatable bonds is 4. The summed E-state index contributed by atoms with van der Waals surface area (Å²) in [5, 5.41) is 8.55. The molecule has 0 aliphatic heterocycles. The molecule has 1 fully saturated rings.